The molecule has 0 fully saturated rings. The Labute approximate surface area is 110 Å². The molecule has 0 aliphatic carbocycles. The summed E-state index contributed by atoms with van der Waals surface area (Å²) in [5.74, 6) is 0. The zero-order chi connectivity index (χ0) is 14.0. The van der Waals surface area contributed by atoms with Crippen molar-refractivity contribution in [3.05, 3.63) is 85.3 Å². The van der Waals surface area contributed by atoms with Crippen molar-refractivity contribution >= 4 is 0 Å². The third-order valence-corrected chi connectivity index (χ3v) is 2.28. The van der Waals surface area contributed by atoms with Crippen LogP contribution in [-0.4, -0.2) is 0 Å². The Morgan fingerprint density at radius 1 is 0.944 bits per heavy atom. The van der Waals surface area contributed by atoms with E-state index in [1.165, 1.54) is 6.20 Å². The fraction of sp³-hybridized carbons (Fsp3) is 0.125. The summed E-state index contributed by atoms with van der Waals surface area (Å²) in [6.45, 7) is 18.7. The fourth-order valence-corrected chi connectivity index (χ4v) is 1.42. The van der Waals surface area contributed by atoms with Gasteiger partial charge < -0.3 is 0 Å². The summed E-state index contributed by atoms with van der Waals surface area (Å²) in [5, 5.41) is 7.81. The van der Waals surface area contributed by atoms with Gasteiger partial charge in [0, 0.05) is 11.8 Å². The molecule has 0 saturated carbocycles. The molecule has 0 unspecified atom stereocenters. The van der Waals surface area contributed by atoms with Crippen LogP contribution in [-0.2, 0) is 0 Å². The van der Waals surface area contributed by atoms with Crippen molar-refractivity contribution in [2.24, 2.45) is 10.2 Å². The van der Waals surface area contributed by atoms with Crippen molar-refractivity contribution in [3.63, 3.8) is 0 Å². The van der Waals surface area contributed by atoms with E-state index >= 15 is 0 Å². The van der Waals surface area contributed by atoms with Crippen LogP contribution in [0.25, 0.3) is 0 Å². The number of allylic oxidation sites excluding steroid dienone is 9. The van der Waals surface area contributed by atoms with Crippen molar-refractivity contribution < 1.29 is 0 Å². The molecule has 94 valence electrons. The van der Waals surface area contributed by atoms with Gasteiger partial charge in [-0.15, -0.1) is 0 Å². The van der Waals surface area contributed by atoms with Crippen LogP contribution in [0.4, 0.5) is 0 Å². The number of azo groups is 1. The molecule has 0 aromatic carbocycles. The van der Waals surface area contributed by atoms with E-state index < -0.39 is 0 Å². The van der Waals surface area contributed by atoms with Gasteiger partial charge >= 0.3 is 0 Å². The van der Waals surface area contributed by atoms with Gasteiger partial charge in [-0.1, -0.05) is 56.7 Å². The molecule has 0 rings (SSSR count). The lowest BCUT2D eigenvalue weighted by Crippen LogP contribution is -1.90. The van der Waals surface area contributed by atoms with E-state index in [0.29, 0.717) is 0 Å². The molecule has 0 aliphatic rings. The normalized spacial score (nSPS) is 14.1. The second-order valence-electron chi connectivity index (χ2n) is 3.50. The molecule has 0 aromatic rings. The lowest BCUT2D eigenvalue weighted by atomic mass is 9.99. The highest BCUT2D eigenvalue weighted by Crippen LogP contribution is 2.22. The number of hydrogen-bond donors (Lipinski definition) is 0. The molecule has 0 amide bonds. The number of rotatable bonds is 7. The van der Waals surface area contributed by atoms with Gasteiger partial charge in [-0.3, -0.25) is 0 Å². The summed E-state index contributed by atoms with van der Waals surface area (Å²) in [5.41, 5.74) is 3.71. The lowest BCUT2D eigenvalue weighted by Gasteiger charge is -2.08. The third-order valence-electron chi connectivity index (χ3n) is 2.28. The van der Waals surface area contributed by atoms with Crippen LogP contribution in [0.5, 0.6) is 0 Å². The van der Waals surface area contributed by atoms with E-state index in [1.54, 1.807) is 18.2 Å². The molecule has 0 radical (unpaired) electrons. The standard InChI is InChI=1S/C16H20N2/c1-7-11-12-13(5)15(8-2)16(9-3)14(6)18-17-10-4/h7-12H,1-4H2,5-6H3/b12-11-,15-13+,16-14+,18-17-. The third kappa shape index (κ3) is 4.74. The highest BCUT2D eigenvalue weighted by Gasteiger charge is 2.04. The fourth-order valence-electron chi connectivity index (χ4n) is 1.42. The molecule has 0 aliphatic heterocycles. The molecule has 0 spiro atoms. The van der Waals surface area contributed by atoms with Crippen LogP contribution < -0.4 is 0 Å². The van der Waals surface area contributed by atoms with Gasteiger partial charge in [-0.25, -0.2) is 0 Å². The van der Waals surface area contributed by atoms with Gasteiger partial charge in [0.1, 0.15) is 0 Å². The van der Waals surface area contributed by atoms with E-state index in [-0.39, 0.29) is 0 Å². The first-order valence-electron chi connectivity index (χ1n) is 5.60. The summed E-state index contributed by atoms with van der Waals surface area (Å²) in [7, 11) is 0. The minimum atomic E-state index is 0.770. The van der Waals surface area contributed by atoms with Crippen LogP contribution in [0.3, 0.4) is 0 Å². The maximum Gasteiger partial charge on any atom is 0.0677 e. The van der Waals surface area contributed by atoms with Crippen molar-refractivity contribution in [2.75, 3.05) is 0 Å². The highest BCUT2D eigenvalue weighted by molar-refractivity contribution is 5.52. The van der Waals surface area contributed by atoms with Gasteiger partial charge in [0.25, 0.3) is 0 Å². The molecule has 0 heterocycles. The zero-order valence-corrected chi connectivity index (χ0v) is 11.2. The Bertz CT molecular complexity index is 413. The van der Waals surface area contributed by atoms with Crippen molar-refractivity contribution in [1.82, 2.24) is 0 Å². The average molecular weight is 240 g/mol. The molecule has 0 aromatic heterocycles. The van der Waals surface area contributed by atoms with Crippen LogP contribution in [0.2, 0.25) is 0 Å². The summed E-state index contributed by atoms with van der Waals surface area (Å²) in [4.78, 5) is 0. The Kier molecular flexibility index (Phi) is 7.78. The van der Waals surface area contributed by atoms with Gasteiger partial charge in [0.15, 0.2) is 0 Å². The molecule has 0 atom stereocenters. The number of nitrogens with zero attached hydrogens (tertiary/aromatic N) is 2. The predicted octanol–water partition coefficient (Wildman–Crippen LogP) is 5.29. The van der Waals surface area contributed by atoms with Crippen LogP contribution in [0.15, 0.2) is 95.5 Å². The minimum absolute atomic E-state index is 0.770. The van der Waals surface area contributed by atoms with E-state index in [2.05, 4.69) is 36.5 Å². The SMILES string of the molecule is C=C\C=C/C(C)=C(C=C)/C(C=C)=C(C)/N=N\C=C. The summed E-state index contributed by atoms with van der Waals surface area (Å²) < 4.78 is 0. The van der Waals surface area contributed by atoms with E-state index in [0.717, 1.165) is 22.4 Å². The van der Waals surface area contributed by atoms with Gasteiger partial charge in [-0.2, -0.15) is 10.2 Å². The lowest BCUT2D eigenvalue weighted by molar-refractivity contribution is 1.10. The molecule has 2 heteroatoms. The molecule has 2 nitrogen and oxygen atoms in total. The molecular formula is C16H20N2. The van der Waals surface area contributed by atoms with E-state index in [4.69, 9.17) is 0 Å². The summed E-state index contributed by atoms with van der Waals surface area (Å²) in [6.07, 6.45) is 10.5. The van der Waals surface area contributed by atoms with Crippen LogP contribution in [0, 0.1) is 0 Å². The first-order chi connectivity index (χ1) is 8.62. The largest absolute Gasteiger partial charge is 0.160 e. The quantitative estimate of drug-likeness (QED) is 0.427. The molecule has 0 N–H and O–H groups in total. The summed E-state index contributed by atoms with van der Waals surface area (Å²) >= 11 is 0. The van der Waals surface area contributed by atoms with Crippen molar-refractivity contribution in [1.29, 1.82) is 0 Å². The highest BCUT2D eigenvalue weighted by atomic mass is 15.1. The van der Waals surface area contributed by atoms with E-state index in [9.17, 15) is 0 Å². The smallest absolute Gasteiger partial charge is 0.0677 e. The second kappa shape index (κ2) is 8.88. The molecule has 0 bridgehead atoms. The Morgan fingerprint density at radius 3 is 2.00 bits per heavy atom. The maximum atomic E-state index is 4.03. The molecular weight excluding hydrogens is 220 g/mol. The van der Waals surface area contributed by atoms with Gasteiger partial charge in [0.05, 0.1) is 5.70 Å². The van der Waals surface area contributed by atoms with Crippen molar-refractivity contribution in [2.45, 2.75) is 13.8 Å². The zero-order valence-electron chi connectivity index (χ0n) is 11.2. The Hall–Kier alpha value is -2.22. The topological polar surface area (TPSA) is 24.7 Å². The van der Waals surface area contributed by atoms with Crippen molar-refractivity contribution in [3.8, 4) is 0 Å². The average Bonchev–Trinajstić information content (AvgIpc) is 2.39. The molecule has 0 saturated heterocycles. The van der Waals surface area contributed by atoms with Crippen LogP contribution >= 0.6 is 0 Å². The predicted molar refractivity (Wildman–Crippen MR) is 80.2 cm³/mol. The second-order valence-corrected chi connectivity index (χ2v) is 3.50. The Morgan fingerprint density at radius 2 is 1.56 bits per heavy atom. The monoisotopic (exact) mass is 240 g/mol. The molecule has 18 heavy (non-hydrogen) atoms. The minimum Gasteiger partial charge on any atom is -0.160 e. The van der Waals surface area contributed by atoms with E-state index in [1.807, 2.05) is 26.0 Å². The first kappa shape index (κ1) is 15.8. The Balaban J connectivity index is 5.75. The maximum absolute atomic E-state index is 4.03. The van der Waals surface area contributed by atoms with Gasteiger partial charge in [-0.05, 0) is 25.0 Å². The number of hydrogen-bond acceptors (Lipinski definition) is 2. The summed E-state index contributed by atoms with van der Waals surface area (Å²) in [6, 6.07) is 0. The van der Waals surface area contributed by atoms with Gasteiger partial charge in [0.2, 0.25) is 0 Å². The first-order valence-corrected chi connectivity index (χ1v) is 5.60. The van der Waals surface area contributed by atoms with Crippen LogP contribution in [0.1, 0.15) is 13.8 Å².